The highest BCUT2D eigenvalue weighted by Gasteiger charge is 2.38. The Hall–Kier alpha value is -5.07. The standard InChI is InChI=1S/C38H43N7O4S/c1-2-33(46)39-16-6-7-17-40-34(47)26-43-19-21-44(22-20-43)31-14-12-27(13-15-31)29-10-11-30-25-45(37(49)32(30)24-29)35(28-8-4-3-5-9-28)36(48)42-38-41-18-23-50-38/h3-5,8-15,18,23-24,35H,2,6-7,16-17,19-22,25-26H2,1H3,(H,39,46)(H,40,47)(H,41,42,48). The van der Waals surface area contributed by atoms with Crippen molar-refractivity contribution in [3.05, 3.63) is 101 Å². The van der Waals surface area contributed by atoms with Crippen LogP contribution in [0, 0.1) is 0 Å². The van der Waals surface area contributed by atoms with Crippen molar-refractivity contribution in [3.63, 3.8) is 0 Å². The van der Waals surface area contributed by atoms with Gasteiger partial charge in [-0.25, -0.2) is 4.98 Å². The van der Waals surface area contributed by atoms with Gasteiger partial charge in [0.15, 0.2) is 5.13 Å². The lowest BCUT2D eigenvalue weighted by Gasteiger charge is -2.35. The highest BCUT2D eigenvalue weighted by molar-refractivity contribution is 7.13. The third-order valence-electron chi connectivity index (χ3n) is 9.15. The number of anilines is 2. The van der Waals surface area contributed by atoms with Crippen LogP contribution >= 0.6 is 11.3 Å². The van der Waals surface area contributed by atoms with Gasteiger partial charge in [0.25, 0.3) is 11.8 Å². The average molecular weight is 694 g/mol. The van der Waals surface area contributed by atoms with Crippen molar-refractivity contribution >= 4 is 45.8 Å². The number of thiazole rings is 1. The number of piperazine rings is 1. The fraction of sp³-hybridized carbons (Fsp3) is 0.342. The minimum absolute atomic E-state index is 0.0332. The van der Waals surface area contributed by atoms with Gasteiger partial charge in [0.2, 0.25) is 11.8 Å². The quantitative estimate of drug-likeness (QED) is 0.164. The molecule has 0 bridgehead atoms. The largest absolute Gasteiger partial charge is 0.369 e. The molecule has 1 unspecified atom stereocenters. The normalized spacial score (nSPS) is 15.0. The molecule has 4 aromatic rings. The second kappa shape index (κ2) is 16.6. The lowest BCUT2D eigenvalue weighted by molar-refractivity contribution is -0.122. The van der Waals surface area contributed by atoms with Crippen LogP contribution in [0.3, 0.4) is 0 Å². The summed E-state index contributed by atoms with van der Waals surface area (Å²) in [5.74, 6) is -0.385. The molecule has 1 saturated heterocycles. The Bertz CT molecular complexity index is 1770. The SMILES string of the molecule is CCC(=O)NCCCCNC(=O)CN1CCN(c2ccc(-c3ccc4c(c3)C(=O)N(C(C(=O)Nc3nccs3)c3ccccc3)C4)cc2)CC1. The number of hydrogen-bond acceptors (Lipinski definition) is 8. The number of amides is 4. The summed E-state index contributed by atoms with van der Waals surface area (Å²) < 4.78 is 0. The van der Waals surface area contributed by atoms with E-state index in [-0.39, 0.29) is 23.6 Å². The van der Waals surface area contributed by atoms with Gasteiger partial charge in [-0.1, -0.05) is 61.5 Å². The zero-order valence-corrected chi connectivity index (χ0v) is 29.1. The van der Waals surface area contributed by atoms with E-state index < -0.39 is 6.04 Å². The molecule has 3 N–H and O–H groups in total. The van der Waals surface area contributed by atoms with Crippen LogP contribution in [0.1, 0.15) is 53.7 Å². The van der Waals surface area contributed by atoms with Crippen LogP contribution in [0.2, 0.25) is 0 Å². The Kier molecular flexibility index (Phi) is 11.5. The smallest absolute Gasteiger partial charge is 0.255 e. The van der Waals surface area contributed by atoms with Gasteiger partial charge in [-0.15, -0.1) is 11.3 Å². The molecular formula is C38H43N7O4S. The summed E-state index contributed by atoms with van der Waals surface area (Å²) in [7, 11) is 0. The van der Waals surface area contributed by atoms with Crippen molar-refractivity contribution < 1.29 is 19.2 Å². The maximum atomic E-state index is 13.9. The first kappa shape index (κ1) is 34.8. The number of hydrogen-bond donors (Lipinski definition) is 3. The number of nitrogens with one attached hydrogen (secondary N) is 3. The van der Waals surface area contributed by atoms with E-state index in [1.807, 2.05) is 55.5 Å². The molecule has 1 fully saturated rings. The van der Waals surface area contributed by atoms with Gasteiger partial charge in [0.1, 0.15) is 6.04 Å². The van der Waals surface area contributed by atoms with Crippen LogP contribution in [-0.4, -0.2) is 84.2 Å². The zero-order chi connectivity index (χ0) is 34.9. The van der Waals surface area contributed by atoms with E-state index >= 15 is 0 Å². The molecule has 50 heavy (non-hydrogen) atoms. The number of carbonyl (C=O) groups is 4. The Morgan fingerprint density at radius 3 is 2.24 bits per heavy atom. The minimum atomic E-state index is -0.797. The summed E-state index contributed by atoms with van der Waals surface area (Å²) in [6.07, 6.45) is 3.80. The number of carbonyl (C=O) groups excluding carboxylic acids is 4. The van der Waals surface area contributed by atoms with Gasteiger partial charge < -0.3 is 20.4 Å². The second-order valence-electron chi connectivity index (χ2n) is 12.5. The van der Waals surface area contributed by atoms with Gasteiger partial charge in [-0.2, -0.15) is 0 Å². The highest BCUT2D eigenvalue weighted by Crippen LogP contribution is 2.35. The molecule has 0 saturated carbocycles. The predicted octanol–water partition coefficient (Wildman–Crippen LogP) is 4.69. The molecule has 2 aliphatic heterocycles. The molecule has 0 spiro atoms. The van der Waals surface area contributed by atoms with E-state index in [4.69, 9.17) is 0 Å². The summed E-state index contributed by atoms with van der Waals surface area (Å²) in [5, 5.41) is 11.0. The molecule has 1 aromatic heterocycles. The van der Waals surface area contributed by atoms with E-state index in [0.717, 1.165) is 67.0 Å². The van der Waals surface area contributed by atoms with Gasteiger partial charge in [0.05, 0.1) is 6.54 Å². The van der Waals surface area contributed by atoms with Crippen LogP contribution in [-0.2, 0) is 20.9 Å². The Labute approximate surface area is 296 Å². The predicted molar refractivity (Wildman–Crippen MR) is 196 cm³/mol. The van der Waals surface area contributed by atoms with Crippen molar-refractivity contribution in [2.75, 3.05) is 56.0 Å². The molecule has 4 amide bonds. The number of rotatable bonds is 14. The lowest BCUT2D eigenvalue weighted by atomic mass is 10.00. The van der Waals surface area contributed by atoms with Gasteiger partial charge >= 0.3 is 0 Å². The first-order chi connectivity index (χ1) is 24.4. The third kappa shape index (κ3) is 8.55. The van der Waals surface area contributed by atoms with Crippen molar-refractivity contribution in [3.8, 4) is 11.1 Å². The van der Waals surface area contributed by atoms with Crippen LogP contribution in [0.4, 0.5) is 10.8 Å². The summed E-state index contributed by atoms with van der Waals surface area (Å²) >= 11 is 1.34. The summed E-state index contributed by atoms with van der Waals surface area (Å²) in [6.45, 7) is 7.06. The van der Waals surface area contributed by atoms with Crippen molar-refractivity contribution in [1.82, 2.24) is 25.4 Å². The van der Waals surface area contributed by atoms with Gasteiger partial charge in [-0.3, -0.25) is 29.4 Å². The Balaban J connectivity index is 1.02. The molecule has 11 nitrogen and oxygen atoms in total. The molecule has 6 rings (SSSR count). The molecule has 3 aromatic carbocycles. The topological polar surface area (TPSA) is 127 Å². The minimum Gasteiger partial charge on any atom is -0.369 e. The Morgan fingerprint density at radius 1 is 0.860 bits per heavy atom. The van der Waals surface area contributed by atoms with Crippen LogP contribution < -0.4 is 20.9 Å². The van der Waals surface area contributed by atoms with Crippen LogP contribution in [0.5, 0.6) is 0 Å². The molecule has 260 valence electrons. The number of aromatic nitrogens is 1. The van der Waals surface area contributed by atoms with Gasteiger partial charge in [-0.05, 0) is 53.3 Å². The molecule has 12 heteroatoms. The number of benzene rings is 3. The lowest BCUT2D eigenvalue weighted by Crippen LogP contribution is -2.49. The van der Waals surface area contributed by atoms with Crippen molar-refractivity contribution in [2.24, 2.45) is 0 Å². The van der Waals surface area contributed by atoms with E-state index in [2.05, 4.69) is 55.0 Å². The monoisotopic (exact) mass is 693 g/mol. The first-order valence-electron chi connectivity index (χ1n) is 17.2. The number of unbranched alkanes of at least 4 members (excludes halogenated alkanes) is 1. The fourth-order valence-corrected chi connectivity index (χ4v) is 6.93. The highest BCUT2D eigenvalue weighted by atomic mass is 32.1. The second-order valence-corrected chi connectivity index (χ2v) is 13.4. The van der Waals surface area contributed by atoms with Crippen LogP contribution in [0.25, 0.3) is 11.1 Å². The maximum absolute atomic E-state index is 13.9. The zero-order valence-electron chi connectivity index (χ0n) is 28.3. The summed E-state index contributed by atoms with van der Waals surface area (Å²) in [6, 6.07) is 22.9. The average Bonchev–Trinajstić information content (AvgIpc) is 3.77. The number of fused-ring (bicyclic) bond motifs is 1. The summed E-state index contributed by atoms with van der Waals surface area (Å²) in [5.41, 5.74) is 5.30. The van der Waals surface area contributed by atoms with Crippen molar-refractivity contribution in [2.45, 2.75) is 38.8 Å². The van der Waals surface area contributed by atoms with Crippen LogP contribution in [0.15, 0.2) is 84.4 Å². The molecule has 3 heterocycles. The van der Waals surface area contributed by atoms with E-state index in [1.54, 1.807) is 16.5 Å². The molecule has 2 aliphatic rings. The van der Waals surface area contributed by atoms with Crippen molar-refractivity contribution in [1.29, 1.82) is 0 Å². The fourth-order valence-electron chi connectivity index (χ4n) is 6.40. The van der Waals surface area contributed by atoms with Gasteiger partial charge in [0, 0.05) is 75.1 Å². The Morgan fingerprint density at radius 2 is 1.56 bits per heavy atom. The summed E-state index contributed by atoms with van der Waals surface area (Å²) in [4.78, 5) is 61.5. The number of nitrogens with zero attached hydrogens (tertiary/aromatic N) is 4. The molecule has 0 aliphatic carbocycles. The molecule has 0 radical (unpaired) electrons. The van der Waals surface area contributed by atoms with E-state index in [1.165, 1.54) is 11.3 Å². The molecule has 1 atom stereocenters. The molecular weight excluding hydrogens is 651 g/mol. The first-order valence-corrected chi connectivity index (χ1v) is 18.1. The maximum Gasteiger partial charge on any atom is 0.255 e. The van der Waals surface area contributed by atoms with E-state index in [0.29, 0.717) is 43.3 Å². The van der Waals surface area contributed by atoms with E-state index in [9.17, 15) is 19.2 Å². The third-order valence-corrected chi connectivity index (χ3v) is 9.84.